The first kappa shape index (κ1) is 24.2. The lowest BCUT2D eigenvalue weighted by molar-refractivity contribution is -0.112. The van der Waals surface area contributed by atoms with E-state index in [0.717, 1.165) is 11.1 Å². The smallest absolute Gasteiger partial charge is 0.337 e. The predicted molar refractivity (Wildman–Crippen MR) is 139 cm³/mol. The molecule has 0 saturated heterocycles. The molecule has 0 fully saturated rings. The van der Waals surface area contributed by atoms with Gasteiger partial charge in [0.25, 0.3) is 5.91 Å². The van der Waals surface area contributed by atoms with Crippen molar-refractivity contribution in [1.82, 2.24) is 0 Å². The summed E-state index contributed by atoms with van der Waals surface area (Å²) in [6.07, 6.45) is 1.51. The zero-order valence-corrected chi connectivity index (χ0v) is 19.9. The number of anilines is 1. The number of amides is 1. The topological polar surface area (TPSA) is 88.4 Å². The molecule has 6 heteroatoms. The highest BCUT2D eigenvalue weighted by Gasteiger charge is 2.11. The van der Waals surface area contributed by atoms with Crippen molar-refractivity contribution in [3.63, 3.8) is 0 Å². The largest absolute Gasteiger partial charge is 0.489 e. The number of carbonyl (C=O) groups is 2. The lowest BCUT2D eigenvalue weighted by Gasteiger charge is -2.12. The van der Waals surface area contributed by atoms with Crippen molar-refractivity contribution < 1.29 is 19.1 Å². The predicted octanol–water partition coefficient (Wildman–Crippen LogP) is 6.06. The van der Waals surface area contributed by atoms with E-state index in [1.807, 2.05) is 30.3 Å². The van der Waals surface area contributed by atoms with Crippen LogP contribution in [0.5, 0.6) is 5.75 Å². The maximum Gasteiger partial charge on any atom is 0.337 e. The van der Waals surface area contributed by atoms with Gasteiger partial charge in [0.15, 0.2) is 0 Å². The second-order valence-electron chi connectivity index (χ2n) is 8.13. The number of ether oxygens (including phenoxy) is 2. The number of methoxy groups -OCH3 is 1. The molecule has 0 bridgehead atoms. The van der Waals surface area contributed by atoms with Crippen LogP contribution in [0.4, 0.5) is 5.69 Å². The SMILES string of the molecule is COC(=O)c1ccc(NC(=O)/C(C#N)=C/c2ccc(OCc3c(C)ccc4ccccc34)cc2)cc1. The number of nitrogens with zero attached hydrogens (tertiary/aromatic N) is 1. The van der Waals surface area contributed by atoms with Crippen molar-refractivity contribution in [2.24, 2.45) is 0 Å². The molecule has 4 aromatic carbocycles. The highest BCUT2D eigenvalue weighted by molar-refractivity contribution is 6.09. The van der Waals surface area contributed by atoms with E-state index >= 15 is 0 Å². The number of hydrogen-bond donors (Lipinski definition) is 1. The van der Waals surface area contributed by atoms with E-state index in [0.29, 0.717) is 29.2 Å². The average Bonchev–Trinajstić information content (AvgIpc) is 2.91. The maximum atomic E-state index is 12.6. The molecule has 0 unspecified atom stereocenters. The molecule has 0 saturated carbocycles. The number of aryl methyl sites for hydroxylation is 1. The monoisotopic (exact) mass is 476 g/mol. The van der Waals surface area contributed by atoms with Crippen molar-refractivity contribution in [3.05, 3.63) is 113 Å². The highest BCUT2D eigenvalue weighted by Crippen LogP contribution is 2.24. The van der Waals surface area contributed by atoms with Gasteiger partial charge < -0.3 is 14.8 Å². The van der Waals surface area contributed by atoms with Gasteiger partial charge in [0.2, 0.25) is 0 Å². The Morgan fingerprint density at radius 1 is 0.944 bits per heavy atom. The molecule has 6 nitrogen and oxygen atoms in total. The van der Waals surface area contributed by atoms with E-state index in [-0.39, 0.29) is 5.57 Å². The Balaban J connectivity index is 1.42. The summed E-state index contributed by atoms with van der Waals surface area (Å²) in [5, 5.41) is 14.5. The molecule has 0 aliphatic rings. The molecule has 36 heavy (non-hydrogen) atoms. The van der Waals surface area contributed by atoms with Crippen LogP contribution in [0.2, 0.25) is 0 Å². The minimum atomic E-state index is -0.546. The fourth-order valence-electron chi connectivity index (χ4n) is 3.77. The number of benzene rings is 4. The molecule has 1 amide bonds. The van der Waals surface area contributed by atoms with E-state index in [4.69, 9.17) is 4.74 Å². The average molecular weight is 477 g/mol. The molecule has 0 spiro atoms. The summed E-state index contributed by atoms with van der Waals surface area (Å²) in [6, 6.07) is 27.8. The van der Waals surface area contributed by atoms with Crippen LogP contribution in [0.25, 0.3) is 16.8 Å². The molecule has 0 radical (unpaired) electrons. The lowest BCUT2D eigenvalue weighted by Crippen LogP contribution is -2.13. The minimum Gasteiger partial charge on any atom is -0.489 e. The first-order chi connectivity index (χ1) is 17.5. The summed E-state index contributed by atoms with van der Waals surface area (Å²) in [4.78, 5) is 24.1. The van der Waals surface area contributed by atoms with Gasteiger partial charge in [-0.3, -0.25) is 4.79 Å². The summed E-state index contributed by atoms with van der Waals surface area (Å²) in [5.41, 5.74) is 3.77. The molecule has 0 atom stereocenters. The number of rotatable bonds is 7. The van der Waals surface area contributed by atoms with Gasteiger partial charge in [-0.05, 0) is 71.3 Å². The molecule has 4 aromatic rings. The minimum absolute atomic E-state index is 0.0490. The Kier molecular flexibility index (Phi) is 7.42. The van der Waals surface area contributed by atoms with Crippen LogP contribution in [-0.4, -0.2) is 19.0 Å². The number of esters is 1. The fraction of sp³-hybridized carbons (Fsp3) is 0.100. The Morgan fingerprint density at radius 3 is 2.36 bits per heavy atom. The Bertz CT molecular complexity index is 1480. The summed E-state index contributed by atoms with van der Waals surface area (Å²) in [5.74, 6) is -0.326. The van der Waals surface area contributed by atoms with Crippen LogP contribution < -0.4 is 10.1 Å². The maximum absolute atomic E-state index is 12.6. The van der Waals surface area contributed by atoms with Crippen molar-refractivity contribution in [2.75, 3.05) is 12.4 Å². The summed E-state index contributed by atoms with van der Waals surface area (Å²) in [7, 11) is 1.30. The molecular weight excluding hydrogens is 452 g/mol. The zero-order valence-electron chi connectivity index (χ0n) is 19.9. The van der Waals surface area contributed by atoms with Crippen LogP contribution in [0.15, 0.2) is 90.5 Å². The molecule has 0 aromatic heterocycles. The first-order valence-corrected chi connectivity index (χ1v) is 11.3. The Labute approximate surface area is 209 Å². The first-order valence-electron chi connectivity index (χ1n) is 11.3. The normalized spacial score (nSPS) is 11.0. The van der Waals surface area contributed by atoms with Crippen LogP contribution in [0, 0.1) is 18.3 Å². The van der Waals surface area contributed by atoms with Crippen LogP contribution in [0.1, 0.15) is 27.0 Å². The molecule has 0 aliphatic heterocycles. The third-order valence-electron chi connectivity index (χ3n) is 5.78. The van der Waals surface area contributed by atoms with E-state index < -0.39 is 11.9 Å². The highest BCUT2D eigenvalue weighted by atomic mass is 16.5. The van der Waals surface area contributed by atoms with Crippen molar-refractivity contribution >= 4 is 34.4 Å². The quantitative estimate of drug-likeness (QED) is 0.199. The second kappa shape index (κ2) is 11.0. The molecule has 1 N–H and O–H groups in total. The van der Waals surface area contributed by atoms with Gasteiger partial charge in [-0.25, -0.2) is 4.79 Å². The van der Waals surface area contributed by atoms with Gasteiger partial charge >= 0.3 is 5.97 Å². The van der Waals surface area contributed by atoms with Crippen LogP contribution in [-0.2, 0) is 16.1 Å². The Morgan fingerprint density at radius 2 is 1.67 bits per heavy atom. The van der Waals surface area contributed by atoms with Gasteiger partial charge in [-0.1, -0.05) is 48.5 Å². The van der Waals surface area contributed by atoms with Gasteiger partial charge in [0, 0.05) is 11.3 Å². The summed E-state index contributed by atoms with van der Waals surface area (Å²) < 4.78 is 10.7. The van der Waals surface area contributed by atoms with Crippen LogP contribution in [0.3, 0.4) is 0 Å². The molecular formula is C30H24N2O4. The van der Waals surface area contributed by atoms with Gasteiger partial charge in [0.1, 0.15) is 24.0 Å². The van der Waals surface area contributed by atoms with Crippen molar-refractivity contribution in [2.45, 2.75) is 13.5 Å². The van der Waals surface area contributed by atoms with E-state index in [2.05, 4.69) is 41.2 Å². The number of fused-ring (bicyclic) bond motifs is 1. The van der Waals surface area contributed by atoms with Gasteiger partial charge in [0.05, 0.1) is 12.7 Å². The van der Waals surface area contributed by atoms with Crippen LogP contribution >= 0.6 is 0 Å². The molecule has 0 heterocycles. The van der Waals surface area contributed by atoms with E-state index in [9.17, 15) is 14.9 Å². The van der Waals surface area contributed by atoms with Crippen molar-refractivity contribution in [1.29, 1.82) is 5.26 Å². The van der Waals surface area contributed by atoms with Crippen molar-refractivity contribution in [3.8, 4) is 11.8 Å². The second-order valence-corrected chi connectivity index (χ2v) is 8.13. The van der Waals surface area contributed by atoms with Gasteiger partial charge in [-0.15, -0.1) is 0 Å². The Hall–Kier alpha value is -4.89. The number of hydrogen-bond acceptors (Lipinski definition) is 5. The molecule has 0 aliphatic carbocycles. The number of nitrogens with one attached hydrogen (secondary N) is 1. The van der Waals surface area contributed by atoms with E-state index in [1.54, 1.807) is 24.3 Å². The number of carbonyl (C=O) groups excluding carboxylic acids is 2. The standard InChI is InChI=1S/C30H24N2O4/c1-20-7-10-22-5-3-4-6-27(22)28(20)19-36-26-15-8-21(9-16-26)17-24(18-31)29(33)32-25-13-11-23(12-14-25)30(34)35-2/h3-17H,19H2,1-2H3,(H,32,33)/b24-17+. The lowest BCUT2D eigenvalue weighted by atomic mass is 10.0. The fourth-order valence-corrected chi connectivity index (χ4v) is 3.77. The summed E-state index contributed by atoms with van der Waals surface area (Å²) >= 11 is 0. The molecule has 178 valence electrons. The number of nitriles is 1. The van der Waals surface area contributed by atoms with Gasteiger partial charge in [-0.2, -0.15) is 5.26 Å². The third kappa shape index (κ3) is 5.60. The third-order valence-corrected chi connectivity index (χ3v) is 5.78. The zero-order chi connectivity index (χ0) is 25.5. The summed E-state index contributed by atoms with van der Waals surface area (Å²) in [6.45, 7) is 2.50. The van der Waals surface area contributed by atoms with E-state index in [1.165, 1.54) is 36.1 Å². The molecule has 4 rings (SSSR count).